The summed E-state index contributed by atoms with van der Waals surface area (Å²) >= 11 is 0. The fourth-order valence-electron chi connectivity index (χ4n) is 2.25. The third kappa shape index (κ3) is 3.57. The molecular weight excluding hydrogens is 276 g/mol. The largest absolute Gasteiger partial charge is 0.481 e. The molecule has 1 aliphatic rings. The van der Waals surface area contributed by atoms with Gasteiger partial charge in [-0.15, -0.1) is 5.10 Å². The first-order valence-corrected chi connectivity index (χ1v) is 6.89. The van der Waals surface area contributed by atoms with Crippen molar-refractivity contribution in [2.75, 3.05) is 25.0 Å². The van der Waals surface area contributed by atoms with Crippen molar-refractivity contribution in [3.05, 3.63) is 5.89 Å². The maximum absolute atomic E-state index is 11.9. The molecule has 21 heavy (non-hydrogen) atoms. The Morgan fingerprint density at radius 1 is 1.48 bits per heavy atom. The van der Waals surface area contributed by atoms with E-state index in [2.05, 4.69) is 15.5 Å². The lowest BCUT2D eigenvalue weighted by molar-refractivity contribution is -0.147. The highest BCUT2D eigenvalue weighted by Crippen LogP contribution is 2.29. The predicted octanol–water partition coefficient (Wildman–Crippen LogP) is 0.928. The molecule has 0 radical (unpaired) electrons. The number of aliphatic carboxylic acids is 1. The lowest BCUT2D eigenvalue weighted by Gasteiger charge is -2.19. The monoisotopic (exact) mass is 296 g/mol. The van der Waals surface area contributed by atoms with Crippen LogP contribution in [0.3, 0.4) is 0 Å². The molecule has 8 nitrogen and oxygen atoms in total. The molecular formula is C13H20N4O4. The number of carboxylic acid groups (broad SMARTS) is 1. The van der Waals surface area contributed by atoms with E-state index in [4.69, 9.17) is 9.52 Å². The van der Waals surface area contributed by atoms with E-state index in [1.807, 2.05) is 18.7 Å². The van der Waals surface area contributed by atoms with Crippen LogP contribution in [-0.2, 0) is 9.59 Å². The van der Waals surface area contributed by atoms with Crippen molar-refractivity contribution in [2.45, 2.75) is 33.1 Å². The van der Waals surface area contributed by atoms with Crippen LogP contribution >= 0.6 is 0 Å². The second-order valence-corrected chi connectivity index (χ2v) is 5.97. The minimum atomic E-state index is -0.830. The lowest BCUT2D eigenvalue weighted by Crippen LogP contribution is -2.35. The van der Waals surface area contributed by atoms with Gasteiger partial charge in [0.2, 0.25) is 11.8 Å². The van der Waals surface area contributed by atoms with Gasteiger partial charge in [0.1, 0.15) is 0 Å². The zero-order valence-corrected chi connectivity index (χ0v) is 12.4. The molecule has 1 fully saturated rings. The molecule has 116 valence electrons. The first-order valence-electron chi connectivity index (χ1n) is 6.89. The van der Waals surface area contributed by atoms with Crippen LogP contribution in [0.4, 0.5) is 6.01 Å². The molecule has 1 unspecified atom stereocenters. The van der Waals surface area contributed by atoms with Crippen LogP contribution in [0.15, 0.2) is 4.42 Å². The van der Waals surface area contributed by atoms with E-state index in [9.17, 15) is 9.59 Å². The Balaban J connectivity index is 1.86. The Morgan fingerprint density at radius 2 is 2.19 bits per heavy atom. The molecule has 1 atom stereocenters. The van der Waals surface area contributed by atoms with Gasteiger partial charge in [-0.2, -0.15) is 0 Å². The number of nitrogens with zero attached hydrogens (tertiary/aromatic N) is 3. The van der Waals surface area contributed by atoms with Crippen LogP contribution in [0.2, 0.25) is 0 Å². The van der Waals surface area contributed by atoms with Crippen molar-refractivity contribution in [2.24, 2.45) is 5.41 Å². The molecule has 1 amide bonds. The number of likely N-dealkylation sites (tertiary alicyclic amines) is 1. The van der Waals surface area contributed by atoms with Gasteiger partial charge in [0.05, 0.1) is 12.0 Å². The lowest BCUT2D eigenvalue weighted by atomic mass is 9.90. The molecule has 1 aliphatic heterocycles. The van der Waals surface area contributed by atoms with Crippen molar-refractivity contribution in [3.63, 3.8) is 0 Å². The second-order valence-electron chi connectivity index (χ2n) is 5.97. The van der Waals surface area contributed by atoms with Crippen LogP contribution in [0.25, 0.3) is 0 Å². The van der Waals surface area contributed by atoms with E-state index >= 15 is 0 Å². The molecule has 0 aliphatic carbocycles. The third-order valence-corrected chi connectivity index (χ3v) is 3.62. The van der Waals surface area contributed by atoms with E-state index in [0.29, 0.717) is 25.4 Å². The summed E-state index contributed by atoms with van der Waals surface area (Å²) in [5.74, 6) is -0.560. The maximum atomic E-state index is 11.9. The van der Waals surface area contributed by atoms with Gasteiger partial charge < -0.3 is 9.52 Å². The molecule has 1 saturated heterocycles. The van der Waals surface area contributed by atoms with Gasteiger partial charge in [0, 0.05) is 12.5 Å². The number of carbonyl (C=O) groups is 2. The summed E-state index contributed by atoms with van der Waals surface area (Å²) in [6, 6.07) is 0.0730. The zero-order chi connectivity index (χ0) is 15.6. The van der Waals surface area contributed by atoms with Gasteiger partial charge in [-0.1, -0.05) is 18.9 Å². The number of hydrogen-bond donors (Lipinski definition) is 2. The van der Waals surface area contributed by atoms with E-state index in [1.165, 1.54) is 0 Å². The van der Waals surface area contributed by atoms with E-state index in [0.717, 1.165) is 0 Å². The van der Waals surface area contributed by atoms with Crippen LogP contribution in [0.1, 0.15) is 39.0 Å². The molecule has 0 spiro atoms. The fourth-order valence-corrected chi connectivity index (χ4v) is 2.25. The number of hydrogen-bond acceptors (Lipinski definition) is 6. The zero-order valence-electron chi connectivity index (χ0n) is 12.4. The van der Waals surface area contributed by atoms with Gasteiger partial charge >= 0.3 is 12.0 Å². The molecule has 1 aromatic heterocycles. The van der Waals surface area contributed by atoms with Gasteiger partial charge in [-0.3, -0.25) is 19.8 Å². The summed E-state index contributed by atoms with van der Waals surface area (Å²) in [4.78, 5) is 24.9. The second kappa shape index (κ2) is 5.80. The average molecular weight is 296 g/mol. The minimum Gasteiger partial charge on any atom is -0.481 e. The Hall–Kier alpha value is -1.96. The highest BCUT2D eigenvalue weighted by molar-refractivity contribution is 5.90. The van der Waals surface area contributed by atoms with Gasteiger partial charge in [-0.25, -0.2) is 0 Å². The SMILES string of the molecule is CC(C)c1nnc(NC(=O)CN2CCC(C)(C(=O)O)C2)o1. The Kier molecular flexibility index (Phi) is 4.26. The molecule has 2 heterocycles. The van der Waals surface area contributed by atoms with Crippen LogP contribution in [0, 0.1) is 5.41 Å². The number of carbonyl (C=O) groups excluding carboxylic acids is 1. The average Bonchev–Trinajstić information content (AvgIpc) is 2.97. The molecule has 1 aromatic rings. The number of carboxylic acids is 1. The van der Waals surface area contributed by atoms with Crippen LogP contribution in [-0.4, -0.2) is 51.7 Å². The standard InChI is InChI=1S/C13H20N4O4/c1-8(2)10-15-16-12(21-10)14-9(18)6-17-5-4-13(3,7-17)11(19)20/h8H,4-7H2,1-3H3,(H,19,20)(H,14,16,18). The predicted molar refractivity (Wildman–Crippen MR) is 73.8 cm³/mol. The Labute approximate surface area is 122 Å². The van der Waals surface area contributed by atoms with Crippen molar-refractivity contribution in [3.8, 4) is 0 Å². The number of nitrogens with one attached hydrogen (secondary N) is 1. The summed E-state index contributed by atoms with van der Waals surface area (Å²) in [5, 5.41) is 19.3. The number of rotatable bonds is 5. The van der Waals surface area contributed by atoms with Crippen molar-refractivity contribution >= 4 is 17.9 Å². The summed E-state index contributed by atoms with van der Waals surface area (Å²) in [6.45, 7) is 6.57. The smallest absolute Gasteiger partial charge is 0.322 e. The van der Waals surface area contributed by atoms with Crippen molar-refractivity contribution in [1.82, 2.24) is 15.1 Å². The molecule has 0 saturated carbocycles. The topological polar surface area (TPSA) is 109 Å². The summed E-state index contributed by atoms with van der Waals surface area (Å²) in [6.07, 6.45) is 0.535. The highest BCUT2D eigenvalue weighted by Gasteiger charge is 2.40. The number of anilines is 1. The van der Waals surface area contributed by atoms with E-state index in [1.54, 1.807) is 6.92 Å². The quantitative estimate of drug-likeness (QED) is 0.831. The summed E-state index contributed by atoms with van der Waals surface area (Å²) in [7, 11) is 0. The van der Waals surface area contributed by atoms with Crippen molar-refractivity contribution in [1.29, 1.82) is 0 Å². The first-order chi connectivity index (χ1) is 9.80. The van der Waals surface area contributed by atoms with Gasteiger partial charge in [0.15, 0.2) is 0 Å². The molecule has 8 heteroatoms. The van der Waals surface area contributed by atoms with E-state index < -0.39 is 11.4 Å². The Morgan fingerprint density at radius 3 is 2.71 bits per heavy atom. The summed E-state index contributed by atoms with van der Waals surface area (Å²) < 4.78 is 5.29. The normalized spacial score (nSPS) is 22.7. The molecule has 2 rings (SSSR count). The van der Waals surface area contributed by atoms with Crippen LogP contribution in [0.5, 0.6) is 0 Å². The van der Waals surface area contributed by atoms with Crippen LogP contribution < -0.4 is 5.32 Å². The fraction of sp³-hybridized carbons (Fsp3) is 0.692. The first kappa shape index (κ1) is 15.4. The molecule has 2 N–H and O–H groups in total. The third-order valence-electron chi connectivity index (χ3n) is 3.62. The maximum Gasteiger partial charge on any atom is 0.322 e. The highest BCUT2D eigenvalue weighted by atomic mass is 16.4. The summed E-state index contributed by atoms with van der Waals surface area (Å²) in [5.41, 5.74) is -0.782. The number of amides is 1. The van der Waals surface area contributed by atoms with Crippen molar-refractivity contribution < 1.29 is 19.1 Å². The van der Waals surface area contributed by atoms with Gasteiger partial charge in [-0.05, 0) is 19.9 Å². The minimum absolute atomic E-state index is 0.0730. The molecule has 0 aromatic carbocycles. The Bertz CT molecular complexity index is 542. The van der Waals surface area contributed by atoms with Gasteiger partial charge in [0.25, 0.3) is 0 Å². The van der Waals surface area contributed by atoms with E-state index in [-0.39, 0.29) is 24.4 Å². The molecule has 0 bridgehead atoms. The number of aromatic nitrogens is 2.